The van der Waals surface area contributed by atoms with Crippen molar-refractivity contribution in [3.05, 3.63) is 70.5 Å². The zero-order valence-electron chi connectivity index (χ0n) is 11.2. The van der Waals surface area contributed by atoms with Crippen LogP contribution in [0.1, 0.15) is 30.2 Å². The summed E-state index contributed by atoms with van der Waals surface area (Å²) in [6.07, 6.45) is -0.869. The second kappa shape index (κ2) is 6.84. The van der Waals surface area contributed by atoms with E-state index in [1.54, 1.807) is 18.2 Å². The molecule has 0 aliphatic carbocycles. The first-order valence-corrected chi connectivity index (χ1v) is 6.87. The molecule has 2 aromatic rings. The highest BCUT2D eigenvalue weighted by Crippen LogP contribution is 2.19. The Bertz CT molecular complexity index is 559. The first-order valence-electron chi connectivity index (χ1n) is 6.49. The van der Waals surface area contributed by atoms with Crippen LogP contribution < -0.4 is 5.32 Å². The van der Waals surface area contributed by atoms with Gasteiger partial charge in [0.05, 0.1) is 6.10 Å². The van der Waals surface area contributed by atoms with Crippen molar-refractivity contribution in [3.63, 3.8) is 0 Å². The molecule has 0 spiro atoms. The Morgan fingerprint density at radius 1 is 1.15 bits per heavy atom. The fraction of sp³-hybridized carbons (Fsp3) is 0.250. The summed E-state index contributed by atoms with van der Waals surface area (Å²) in [5.74, 6) is -0.388. The number of hydrogen-bond acceptors (Lipinski definition) is 2. The Balaban J connectivity index is 1.95. The molecule has 4 heteroatoms. The van der Waals surface area contributed by atoms with Crippen molar-refractivity contribution in [2.75, 3.05) is 6.54 Å². The average molecular weight is 294 g/mol. The second-order valence-corrected chi connectivity index (χ2v) is 5.16. The molecule has 2 aromatic carbocycles. The molecule has 0 saturated carbocycles. The highest BCUT2D eigenvalue weighted by Gasteiger charge is 2.13. The van der Waals surface area contributed by atoms with Gasteiger partial charge in [0.1, 0.15) is 5.82 Å². The van der Waals surface area contributed by atoms with Gasteiger partial charge in [0, 0.05) is 23.2 Å². The van der Waals surface area contributed by atoms with Gasteiger partial charge < -0.3 is 10.4 Å². The lowest BCUT2D eigenvalue weighted by Gasteiger charge is -2.18. The molecule has 0 fully saturated rings. The summed E-state index contributed by atoms with van der Waals surface area (Å²) in [6.45, 7) is 2.27. The lowest BCUT2D eigenvalue weighted by Crippen LogP contribution is -2.25. The summed E-state index contributed by atoms with van der Waals surface area (Å²) >= 11 is 5.84. The first kappa shape index (κ1) is 15.0. The number of halogens is 2. The number of hydrogen-bond donors (Lipinski definition) is 2. The molecule has 0 amide bonds. The minimum atomic E-state index is -0.869. The molecule has 2 rings (SSSR count). The molecular formula is C16H17ClFNO. The van der Waals surface area contributed by atoms with Crippen molar-refractivity contribution in [2.45, 2.75) is 19.1 Å². The molecule has 0 aliphatic rings. The molecular weight excluding hydrogens is 277 g/mol. The van der Waals surface area contributed by atoms with Crippen LogP contribution in [0.15, 0.2) is 48.5 Å². The Labute approximate surface area is 123 Å². The topological polar surface area (TPSA) is 32.3 Å². The number of aliphatic hydroxyl groups is 1. The molecule has 20 heavy (non-hydrogen) atoms. The van der Waals surface area contributed by atoms with Crippen molar-refractivity contribution in [1.82, 2.24) is 5.32 Å². The van der Waals surface area contributed by atoms with Crippen LogP contribution in [0.4, 0.5) is 4.39 Å². The van der Waals surface area contributed by atoms with Crippen molar-refractivity contribution in [3.8, 4) is 0 Å². The predicted molar refractivity (Wildman–Crippen MR) is 79.2 cm³/mol. The minimum absolute atomic E-state index is 0.0497. The van der Waals surface area contributed by atoms with Crippen LogP contribution in [-0.4, -0.2) is 11.7 Å². The second-order valence-electron chi connectivity index (χ2n) is 4.72. The van der Waals surface area contributed by atoms with E-state index in [0.717, 1.165) is 5.56 Å². The lowest BCUT2D eigenvalue weighted by molar-refractivity contribution is 0.166. The van der Waals surface area contributed by atoms with Gasteiger partial charge in [0.25, 0.3) is 0 Å². The van der Waals surface area contributed by atoms with E-state index in [-0.39, 0.29) is 18.4 Å². The number of nitrogens with one attached hydrogen (secondary N) is 1. The molecule has 0 saturated heterocycles. The summed E-state index contributed by atoms with van der Waals surface area (Å²) in [7, 11) is 0. The van der Waals surface area contributed by atoms with E-state index in [0.29, 0.717) is 10.6 Å². The van der Waals surface area contributed by atoms with Crippen LogP contribution in [0.2, 0.25) is 5.02 Å². The maximum atomic E-state index is 13.5. The Kier molecular flexibility index (Phi) is 5.12. The predicted octanol–water partition coefficient (Wildman–Crippen LogP) is 3.86. The van der Waals surface area contributed by atoms with E-state index < -0.39 is 6.10 Å². The summed E-state index contributed by atoms with van der Waals surface area (Å²) in [4.78, 5) is 0. The molecule has 0 aliphatic heterocycles. The Morgan fingerprint density at radius 3 is 2.45 bits per heavy atom. The zero-order chi connectivity index (χ0) is 14.5. The van der Waals surface area contributed by atoms with Crippen molar-refractivity contribution in [1.29, 1.82) is 0 Å². The Hall–Kier alpha value is -1.42. The third kappa shape index (κ3) is 3.79. The Morgan fingerprint density at radius 2 is 1.80 bits per heavy atom. The van der Waals surface area contributed by atoms with Gasteiger partial charge >= 0.3 is 0 Å². The van der Waals surface area contributed by atoms with E-state index in [9.17, 15) is 9.50 Å². The molecule has 0 radical (unpaired) electrons. The third-order valence-corrected chi connectivity index (χ3v) is 3.50. The molecule has 0 heterocycles. The summed E-state index contributed by atoms with van der Waals surface area (Å²) in [6, 6.07) is 13.8. The normalized spacial score (nSPS) is 14.0. The molecule has 0 bridgehead atoms. The number of benzene rings is 2. The standard InChI is InChI=1S/C16H17ClFNO/c1-11(12-6-8-13(17)9-7-12)19-10-16(20)14-4-2-3-5-15(14)18/h2-9,11,16,19-20H,10H2,1H3/t11-,16?/m1/s1. The van der Waals surface area contributed by atoms with Gasteiger partial charge in [-0.1, -0.05) is 41.9 Å². The fourth-order valence-electron chi connectivity index (χ4n) is 2.01. The van der Waals surface area contributed by atoms with E-state index in [1.165, 1.54) is 6.07 Å². The van der Waals surface area contributed by atoms with Crippen LogP contribution in [-0.2, 0) is 0 Å². The van der Waals surface area contributed by atoms with Crippen LogP contribution in [0.3, 0.4) is 0 Å². The molecule has 2 atom stereocenters. The molecule has 1 unspecified atom stereocenters. The minimum Gasteiger partial charge on any atom is -0.387 e. The van der Waals surface area contributed by atoms with Crippen LogP contribution in [0, 0.1) is 5.82 Å². The van der Waals surface area contributed by atoms with E-state index in [2.05, 4.69) is 5.32 Å². The quantitative estimate of drug-likeness (QED) is 0.877. The van der Waals surface area contributed by atoms with Gasteiger partial charge in [-0.05, 0) is 30.7 Å². The van der Waals surface area contributed by atoms with E-state index >= 15 is 0 Å². The molecule has 0 aromatic heterocycles. The largest absolute Gasteiger partial charge is 0.387 e. The molecule has 2 N–H and O–H groups in total. The van der Waals surface area contributed by atoms with Gasteiger partial charge in [0.15, 0.2) is 0 Å². The summed E-state index contributed by atoms with van der Waals surface area (Å²) < 4.78 is 13.5. The number of aliphatic hydroxyl groups excluding tert-OH is 1. The number of rotatable bonds is 5. The van der Waals surface area contributed by atoms with Gasteiger partial charge in [-0.2, -0.15) is 0 Å². The van der Waals surface area contributed by atoms with E-state index in [1.807, 2.05) is 31.2 Å². The molecule has 2 nitrogen and oxygen atoms in total. The van der Waals surface area contributed by atoms with Crippen molar-refractivity contribution >= 4 is 11.6 Å². The maximum Gasteiger partial charge on any atom is 0.129 e. The van der Waals surface area contributed by atoms with Gasteiger partial charge in [0.2, 0.25) is 0 Å². The zero-order valence-corrected chi connectivity index (χ0v) is 11.9. The smallest absolute Gasteiger partial charge is 0.129 e. The van der Waals surface area contributed by atoms with Gasteiger partial charge in [-0.25, -0.2) is 4.39 Å². The van der Waals surface area contributed by atoms with Gasteiger partial charge in [-0.3, -0.25) is 0 Å². The highest BCUT2D eigenvalue weighted by molar-refractivity contribution is 6.30. The van der Waals surface area contributed by atoms with Crippen molar-refractivity contribution in [2.24, 2.45) is 0 Å². The maximum absolute atomic E-state index is 13.5. The highest BCUT2D eigenvalue weighted by atomic mass is 35.5. The lowest BCUT2D eigenvalue weighted by atomic mass is 10.1. The average Bonchev–Trinajstić information content (AvgIpc) is 2.45. The van der Waals surface area contributed by atoms with Crippen LogP contribution in [0.25, 0.3) is 0 Å². The third-order valence-electron chi connectivity index (χ3n) is 3.25. The van der Waals surface area contributed by atoms with Crippen LogP contribution in [0.5, 0.6) is 0 Å². The fourth-order valence-corrected chi connectivity index (χ4v) is 2.14. The van der Waals surface area contributed by atoms with Crippen molar-refractivity contribution < 1.29 is 9.50 Å². The molecule has 106 valence electrons. The van der Waals surface area contributed by atoms with Gasteiger partial charge in [-0.15, -0.1) is 0 Å². The summed E-state index contributed by atoms with van der Waals surface area (Å²) in [5, 5.41) is 13.9. The van der Waals surface area contributed by atoms with Crippen LogP contribution >= 0.6 is 11.6 Å². The monoisotopic (exact) mass is 293 g/mol. The first-order chi connectivity index (χ1) is 9.58. The summed E-state index contributed by atoms with van der Waals surface area (Å²) in [5.41, 5.74) is 1.37. The SMILES string of the molecule is C[C@@H](NCC(O)c1ccccc1F)c1ccc(Cl)cc1. The van der Waals surface area contributed by atoms with E-state index in [4.69, 9.17) is 11.6 Å².